The number of ether oxygens (including phenoxy) is 2. The standard InChI is InChI=1S/C9H15NO2/c10-5-8-3-7(8)4-12-9(8)1-2-11-6-9/h7H,1-6,10H2/t7-,8+,9?/m0/s1. The monoisotopic (exact) mass is 169 g/mol. The van der Waals surface area contributed by atoms with E-state index in [1.165, 1.54) is 6.42 Å². The summed E-state index contributed by atoms with van der Waals surface area (Å²) in [7, 11) is 0. The quantitative estimate of drug-likeness (QED) is 0.607. The highest BCUT2D eigenvalue weighted by Crippen LogP contribution is 2.67. The minimum absolute atomic E-state index is 0.0203. The fourth-order valence-electron chi connectivity index (χ4n) is 3.05. The van der Waals surface area contributed by atoms with Gasteiger partial charge >= 0.3 is 0 Å². The average Bonchev–Trinajstić information content (AvgIpc) is 2.51. The molecule has 68 valence electrons. The maximum atomic E-state index is 5.85. The van der Waals surface area contributed by atoms with E-state index in [0.29, 0.717) is 5.41 Å². The summed E-state index contributed by atoms with van der Waals surface area (Å²) in [5.74, 6) is 0.740. The molecule has 3 fully saturated rings. The van der Waals surface area contributed by atoms with Crippen LogP contribution in [-0.4, -0.2) is 32.0 Å². The molecule has 3 rings (SSSR count). The van der Waals surface area contributed by atoms with Crippen molar-refractivity contribution in [3.05, 3.63) is 0 Å². The van der Waals surface area contributed by atoms with Crippen LogP contribution in [0.25, 0.3) is 0 Å². The van der Waals surface area contributed by atoms with Gasteiger partial charge in [-0.15, -0.1) is 0 Å². The van der Waals surface area contributed by atoms with Crippen molar-refractivity contribution in [1.82, 2.24) is 0 Å². The maximum Gasteiger partial charge on any atom is 0.101 e. The molecule has 0 amide bonds. The summed E-state index contributed by atoms with van der Waals surface area (Å²) in [4.78, 5) is 0. The van der Waals surface area contributed by atoms with Gasteiger partial charge in [-0.2, -0.15) is 0 Å². The van der Waals surface area contributed by atoms with Crippen LogP contribution in [0.5, 0.6) is 0 Å². The lowest BCUT2D eigenvalue weighted by Crippen LogP contribution is -2.43. The van der Waals surface area contributed by atoms with E-state index in [1.807, 2.05) is 0 Å². The van der Waals surface area contributed by atoms with Crippen LogP contribution in [-0.2, 0) is 9.47 Å². The zero-order valence-corrected chi connectivity index (χ0v) is 7.21. The van der Waals surface area contributed by atoms with Gasteiger partial charge in [-0.25, -0.2) is 0 Å². The molecule has 0 aromatic carbocycles. The number of hydrogen-bond acceptors (Lipinski definition) is 3. The van der Waals surface area contributed by atoms with Gasteiger partial charge in [-0.05, 0) is 12.3 Å². The molecule has 2 N–H and O–H groups in total. The summed E-state index contributed by atoms with van der Waals surface area (Å²) in [6, 6.07) is 0. The SMILES string of the molecule is NC[C@]12C[C@H]1COC21CCOC1. The maximum absolute atomic E-state index is 5.85. The van der Waals surface area contributed by atoms with Crippen molar-refractivity contribution in [2.24, 2.45) is 17.1 Å². The molecule has 2 saturated heterocycles. The van der Waals surface area contributed by atoms with Gasteiger partial charge in [0.15, 0.2) is 0 Å². The number of rotatable bonds is 1. The van der Waals surface area contributed by atoms with Crippen molar-refractivity contribution in [3.63, 3.8) is 0 Å². The highest BCUT2D eigenvalue weighted by molar-refractivity contribution is 5.20. The molecule has 1 spiro atoms. The Balaban J connectivity index is 1.94. The van der Waals surface area contributed by atoms with E-state index in [1.54, 1.807) is 0 Å². The van der Waals surface area contributed by atoms with Crippen LogP contribution in [0, 0.1) is 11.3 Å². The molecule has 0 radical (unpaired) electrons. The topological polar surface area (TPSA) is 44.5 Å². The van der Waals surface area contributed by atoms with Crippen molar-refractivity contribution in [2.75, 3.05) is 26.4 Å². The molecule has 2 aliphatic heterocycles. The Labute approximate surface area is 72.2 Å². The normalized spacial score (nSPS) is 56.2. The van der Waals surface area contributed by atoms with Crippen molar-refractivity contribution >= 4 is 0 Å². The Hall–Kier alpha value is -0.120. The first-order chi connectivity index (χ1) is 5.83. The van der Waals surface area contributed by atoms with Crippen LogP contribution in [0.4, 0.5) is 0 Å². The molecule has 1 aliphatic carbocycles. The highest BCUT2D eigenvalue weighted by atomic mass is 16.6. The number of fused-ring (bicyclic) bond motifs is 2. The van der Waals surface area contributed by atoms with Crippen molar-refractivity contribution in [3.8, 4) is 0 Å². The van der Waals surface area contributed by atoms with Gasteiger partial charge < -0.3 is 15.2 Å². The van der Waals surface area contributed by atoms with E-state index in [9.17, 15) is 0 Å². The molecule has 0 aromatic rings. The van der Waals surface area contributed by atoms with Crippen LogP contribution >= 0.6 is 0 Å². The fourth-order valence-corrected chi connectivity index (χ4v) is 3.05. The van der Waals surface area contributed by atoms with E-state index in [4.69, 9.17) is 15.2 Å². The molecule has 3 nitrogen and oxygen atoms in total. The van der Waals surface area contributed by atoms with Gasteiger partial charge in [0.05, 0.1) is 13.2 Å². The molecule has 0 aromatic heterocycles. The van der Waals surface area contributed by atoms with Crippen LogP contribution in [0.1, 0.15) is 12.8 Å². The van der Waals surface area contributed by atoms with Crippen LogP contribution in [0.2, 0.25) is 0 Å². The molecular formula is C9H15NO2. The fraction of sp³-hybridized carbons (Fsp3) is 1.00. The second kappa shape index (κ2) is 2.03. The smallest absolute Gasteiger partial charge is 0.101 e. The van der Waals surface area contributed by atoms with Gasteiger partial charge in [-0.3, -0.25) is 0 Å². The largest absolute Gasteiger partial charge is 0.378 e. The third-order valence-electron chi connectivity index (χ3n) is 4.05. The lowest BCUT2D eigenvalue weighted by atomic mass is 9.83. The molecule has 3 aliphatic rings. The first-order valence-electron chi connectivity index (χ1n) is 4.75. The lowest BCUT2D eigenvalue weighted by molar-refractivity contribution is -0.0551. The van der Waals surface area contributed by atoms with Crippen LogP contribution in [0.3, 0.4) is 0 Å². The second-order valence-corrected chi connectivity index (χ2v) is 4.37. The summed E-state index contributed by atoms with van der Waals surface area (Å²) >= 11 is 0. The summed E-state index contributed by atoms with van der Waals surface area (Å²) in [6.45, 7) is 3.33. The average molecular weight is 169 g/mol. The Morgan fingerprint density at radius 2 is 2.42 bits per heavy atom. The van der Waals surface area contributed by atoms with Crippen molar-refractivity contribution < 1.29 is 9.47 Å². The lowest BCUT2D eigenvalue weighted by Gasteiger charge is -2.31. The molecule has 3 heteroatoms. The van der Waals surface area contributed by atoms with Gasteiger partial charge in [0, 0.05) is 25.0 Å². The third-order valence-corrected chi connectivity index (χ3v) is 4.05. The summed E-state index contributed by atoms with van der Waals surface area (Å²) in [6.07, 6.45) is 2.33. The minimum Gasteiger partial charge on any atom is -0.378 e. The second-order valence-electron chi connectivity index (χ2n) is 4.37. The molecule has 1 saturated carbocycles. The van der Waals surface area contributed by atoms with E-state index in [-0.39, 0.29) is 5.60 Å². The summed E-state index contributed by atoms with van der Waals surface area (Å²) in [5.41, 5.74) is 6.16. The Morgan fingerprint density at radius 3 is 3.00 bits per heavy atom. The Morgan fingerprint density at radius 1 is 1.50 bits per heavy atom. The van der Waals surface area contributed by atoms with E-state index < -0.39 is 0 Å². The summed E-state index contributed by atoms with van der Waals surface area (Å²) < 4.78 is 11.3. The van der Waals surface area contributed by atoms with Crippen LogP contribution < -0.4 is 5.73 Å². The molecule has 0 bridgehead atoms. The van der Waals surface area contributed by atoms with Crippen molar-refractivity contribution in [1.29, 1.82) is 0 Å². The zero-order chi connectivity index (χ0) is 8.23. The Bertz CT molecular complexity index is 203. The van der Waals surface area contributed by atoms with Gasteiger partial charge in [0.1, 0.15) is 5.60 Å². The first-order valence-corrected chi connectivity index (χ1v) is 4.75. The van der Waals surface area contributed by atoms with Crippen LogP contribution in [0.15, 0.2) is 0 Å². The van der Waals surface area contributed by atoms with Gasteiger partial charge in [0.2, 0.25) is 0 Å². The number of hydrogen-bond donors (Lipinski definition) is 1. The van der Waals surface area contributed by atoms with E-state index in [0.717, 1.165) is 38.7 Å². The minimum atomic E-state index is 0.0203. The van der Waals surface area contributed by atoms with E-state index >= 15 is 0 Å². The van der Waals surface area contributed by atoms with E-state index in [2.05, 4.69) is 0 Å². The van der Waals surface area contributed by atoms with Crippen molar-refractivity contribution in [2.45, 2.75) is 18.4 Å². The molecule has 2 heterocycles. The molecule has 12 heavy (non-hydrogen) atoms. The zero-order valence-electron chi connectivity index (χ0n) is 7.21. The molecule has 3 atom stereocenters. The molecular weight excluding hydrogens is 154 g/mol. The van der Waals surface area contributed by atoms with Gasteiger partial charge in [0.25, 0.3) is 0 Å². The number of nitrogens with two attached hydrogens (primary N) is 1. The molecule has 1 unspecified atom stereocenters. The third kappa shape index (κ3) is 0.605. The predicted molar refractivity (Wildman–Crippen MR) is 43.7 cm³/mol. The summed E-state index contributed by atoms with van der Waals surface area (Å²) in [5, 5.41) is 0. The first kappa shape index (κ1) is 7.30. The highest BCUT2D eigenvalue weighted by Gasteiger charge is 2.71. The Kier molecular flexibility index (Phi) is 1.23. The van der Waals surface area contributed by atoms with Gasteiger partial charge in [-0.1, -0.05) is 0 Å². The predicted octanol–water partition coefficient (Wildman–Crippen LogP) is 0.141.